The Labute approximate surface area is 153 Å². The largest absolute Gasteiger partial charge is 0.490 e. The van der Waals surface area contributed by atoms with Gasteiger partial charge in [-0.2, -0.15) is 0 Å². The average molecular weight is 341 g/mol. The number of hydrogen-bond donors (Lipinski definition) is 2. The molecule has 0 aliphatic carbocycles. The van der Waals surface area contributed by atoms with Gasteiger partial charge in [-0.1, -0.05) is 24.3 Å². The molecule has 0 unspecified atom stereocenters. The minimum Gasteiger partial charge on any atom is -0.423 e. The summed E-state index contributed by atoms with van der Waals surface area (Å²) in [4.78, 5) is 13.1. The van der Waals surface area contributed by atoms with Gasteiger partial charge in [0, 0.05) is 31.2 Å². The first-order valence-electron chi connectivity index (χ1n) is 6.80. The maximum atomic E-state index is 9.73. The standard InChI is InChI=1S/C9H8BNO2.C9H3NO2.B/c12-10(13)9-6-11-5-7-3-1-2-4-8(7)9;1-2-3-4-5-6-7-8-9-10(11)12;/h1-6,12-13H;1H,9H2;. The van der Waals surface area contributed by atoms with Gasteiger partial charge in [-0.15, -0.1) is 6.42 Å². The molecule has 8 heteroatoms. The van der Waals surface area contributed by atoms with E-state index in [1.54, 1.807) is 6.20 Å². The second kappa shape index (κ2) is 12.7. The lowest BCUT2D eigenvalue weighted by atomic mass is 9.78. The molecule has 0 saturated carbocycles. The third kappa shape index (κ3) is 8.25. The summed E-state index contributed by atoms with van der Waals surface area (Å²) in [5.74, 6) is 15.7. The zero-order chi connectivity index (χ0) is 18.5. The first kappa shape index (κ1) is 22.3. The molecule has 0 aliphatic rings. The first-order valence-corrected chi connectivity index (χ1v) is 6.80. The molecule has 0 bridgehead atoms. The van der Waals surface area contributed by atoms with Crippen LogP contribution in [0.15, 0.2) is 36.7 Å². The summed E-state index contributed by atoms with van der Waals surface area (Å²) in [6.07, 6.45) is 7.95. The number of terminal acetylenes is 1. The second-order valence-corrected chi connectivity index (χ2v) is 4.26. The van der Waals surface area contributed by atoms with Crippen molar-refractivity contribution in [2.24, 2.45) is 0 Å². The van der Waals surface area contributed by atoms with Gasteiger partial charge in [0.2, 0.25) is 0 Å². The lowest BCUT2D eigenvalue weighted by Gasteiger charge is -2.03. The molecule has 2 N–H and O–H groups in total. The molecule has 2 aromatic rings. The van der Waals surface area contributed by atoms with Crippen LogP contribution in [0.1, 0.15) is 0 Å². The molecule has 0 atom stereocenters. The quantitative estimate of drug-likeness (QED) is 0.330. The van der Waals surface area contributed by atoms with Crippen molar-refractivity contribution in [1.29, 1.82) is 0 Å². The highest BCUT2D eigenvalue weighted by atomic mass is 16.6. The average Bonchev–Trinajstić information content (AvgIpc) is 2.60. The predicted octanol–water partition coefficient (Wildman–Crippen LogP) is -0.560. The van der Waals surface area contributed by atoms with Gasteiger partial charge in [0.15, 0.2) is 0 Å². The Morgan fingerprint density at radius 3 is 2.42 bits per heavy atom. The Morgan fingerprint density at radius 2 is 1.77 bits per heavy atom. The number of pyridine rings is 1. The fraction of sp³-hybridized carbons (Fsp3) is 0.0556. The Hall–Kier alpha value is -3.68. The van der Waals surface area contributed by atoms with E-state index >= 15 is 0 Å². The van der Waals surface area contributed by atoms with Crippen LogP contribution in [0.4, 0.5) is 0 Å². The smallest absolute Gasteiger partial charge is 0.423 e. The number of rotatable bonds is 2. The SMILES string of the molecule is C#CC#CC#CC#CC[N+](=O)[O-].OB(O)c1cncc2ccccc12.[B]. The van der Waals surface area contributed by atoms with Crippen molar-refractivity contribution in [1.82, 2.24) is 4.98 Å². The molecule has 26 heavy (non-hydrogen) atoms. The van der Waals surface area contributed by atoms with E-state index in [1.807, 2.05) is 24.3 Å². The topological polar surface area (TPSA) is 96.5 Å². The highest BCUT2D eigenvalue weighted by Gasteiger charge is 2.13. The maximum Gasteiger partial charge on any atom is 0.490 e. The van der Waals surface area contributed by atoms with Gasteiger partial charge < -0.3 is 10.0 Å². The highest BCUT2D eigenvalue weighted by Crippen LogP contribution is 2.08. The molecule has 0 fully saturated rings. The fourth-order valence-electron chi connectivity index (χ4n) is 1.62. The van der Waals surface area contributed by atoms with Crippen molar-refractivity contribution >= 4 is 31.8 Å². The molecule has 0 amide bonds. The van der Waals surface area contributed by atoms with Crippen molar-refractivity contribution in [3.63, 3.8) is 0 Å². The van der Waals surface area contributed by atoms with E-state index in [2.05, 4.69) is 46.4 Å². The van der Waals surface area contributed by atoms with Crippen molar-refractivity contribution in [3.05, 3.63) is 46.8 Å². The molecule has 1 aromatic heterocycles. The number of nitrogens with zero attached hydrogens (tertiary/aromatic N) is 2. The normalized spacial score (nSPS) is 7.58. The van der Waals surface area contributed by atoms with E-state index < -0.39 is 18.6 Å². The summed E-state index contributed by atoms with van der Waals surface area (Å²) in [5.41, 5.74) is 0.443. The first-order chi connectivity index (χ1) is 12.1. The van der Waals surface area contributed by atoms with Crippen LogP contribution < -0.4 is 5.46 Å². The van der Waals surface area contributed by atoms with Crippen molar-refractivity contribution in [2.75, 3.05) is 6.54 Å². The maximum absolute atomic E-state index is 9.73. The summed E-state index contributed by atoms with van der Waals surface area (Å²) in [6, 6.07) is 7.46. The van der Waals surface area contributed by atoms with Crippen molar-refractivity contribution in [2.45, 2.75) is 0 Å². The lowest BCUT2D eigenvalue weighted by molar-refractivity contribution is -0.466. The predicted molar refractivity (Wildman–Crippen MR) is 101 cm³/mol. The summed E-state index contributed by atoms with van der Waals surface area (Å²) in [6.45, 7) is -0.406. The third-order valence-corrected chi connectivity index (χ3v) is 2.60. The monoisotopic (exact) mass is 341 g/mol. The number of aromatic nitrogens is 1. The third-order valence-electron chi connectivity index (χ3n) is 2.60. The molecule has 6 nitrogen and oxygen atoms in total. The number of hydrogen-bond acceptors (Lipinski definition) is 5. The molecule has 1 aromatic carbocycles. The van der Waals surface area contributed by atoms with E-state index in [0.29, 0.717) is 5.46 Å². The van der Waals surface area contributed by atoms with E-state index in [1.165, 1.54) is 6.20 Å². The summed E-state index contributed by atoms with van der Waals surface area (Å²) in [7, 11) is -1.46. The van der Waals surface area contributed by atoms with Crippen LogP contribution >= 0.6 is 0 Å². The Balaban J connectivity index is 0.000000466. The van der Waals surface area contributed by atoms with Crippen LogP contribution in [0, 0.1) is 58.0 Å². The molecular formula is C18H11B2N2O4. The fourth-order valence-corrected chi connectivity index (χ4v) is 1.62. The summed E-state index contributed by atoms with van der Waals surface area (Å²) in [5, 5.41) is 29.5. The van der Waals surface area contributed by atoms with Gasteiger partial charge in [-0.05, 0) is 52.2 Å². The highest BCUT2D eigenvalue weighted by molar-refractivity contribution is 6.61. The van der Waals surface area contributed by atoms with E-state index in [-0.39, 0.29) is 8.41 Å². The van der Waals surface area contributed by atoms with Gasteiger partial charge in [0.05, 0.1) is 0 Å². The number of benzene rings is 1. The molecule has 0 aliphatic heterocycles. The Morgan fingerprint density at radius 1 is 1.12 bits per heavy atom. The van der Waals surface area contributed by atoms with E-state index in [0.717, 1.165) is 10.8 Å². The van der Waals surface area contributed by atoms with Gasteiger partial charge in [-0.3, -0.25) is 15.1 Å². The van der Waals surface area contributed by atoms with Crippen LogP contribution in [-0.2, 0) is 0 Å². The summed E-state index contributed by atoms with van der Waals surface area (Å²) >= 11 is 0. The van der Waals surface area contributed by atoms with Crippen LogP contribution in [0.3, 0.4) is 0 Å². The zero-order valence-electron chi connectivity index (χ0n) is 13.5. The van der Waals surface area contributed by atoms with Gasteiger partial charge in [0.1, 0.15) is 0 Å². The van der Waals surface area contributed by atoms with E-state index in [4.69, 9.17) is 16.5 Å². The molecule has 1 heterocycles. The zero-order valence-corrected chi connectivity index (χ0v) is 13.5. The summed E-state index contributed by atoms with van der Waals surface area (Å²) < 4.78 is 0. The van der Waals surface area contributed by atoms with Crippen LogP contribution in [0.2, 0.25) is 0 Å². The van der Waals surface area contributed by atoms with Gasteiger partial charge in [0.25, 0.3) is 6.54 Å². The number of fused-ring (bicyclic) bond motifs is 1. The molecule has 123 valence electrons. The van der Waals surface area contributed by atoms with Gasteiger partial charge in [-0.25, -0.2) is 0 Å². The van der Waals surface area contributed by atoms with Crippen molar-refractivity contribution < 1.29 is 15.0 Å². The minimum absolute atomic E-state index is 0. The second-order valence-electron chi connectivity index (χ2n) is 4.26. The molecular weight excluding hydrogens is 330 g/mol. The van der Waals surface area contributed by atoms with Crippen LogP contribution in [0.25, 0.3) is 10.8 Å². The van der Waals surface area contributed by atoms with Crippen LogP contribution in [0.5, 0.6) is 0 Å². The molecule has 2 rings (SSSR count). The lowest BCUT2D eigenvalue weighted by Crippen LogP contribution is -2.30. The van der Waals surface area contributed by atoms with Crippen LogP contribution in [-0.4, -0.2) is 42.0 Å². The number of nitro groups is 1. The minimum atomic E-state index is -1.46. The molecule has 0 saturated heterocycles. The van der Waals surface area contributed by atoms with Crippen molar-refractivity contribution in [3.8, 4) is 47.9 Å². The Bertz CT molecular complexity index is 976. The van der Waals surface area contributed by atoms with Gasteiger partial charge >= 0.3 is 7.12 Å². The molecule has 3 radical (unpaired) electrons. The Kier molecular flexibility index (Phi) is 10.9. The van der Waals surface area contributed by atoms with E-state index in [9.17, 15) is 10.1 Å². The molecule has 0 spiro atoms.